The van der Waals surface area contributed by atoms with Gasteiger partial charge in [0.2, 0.25) is 11.8 Å². The molecule has 3 atom stereocenters. The van der Waals surface area contributed by atoms with E-state index in [0.29, 0.717) is 18.8 Å². The van der Waals surface area contributed by atoms with E-state index in [0.717, 1.165) is 16.3 Å². The van der Waals surface area contributed by atoms with Gasteiger partial charge in [0, 0.05) is 19.4 Å². The zero-order chi connectivity index (χ0) is 19.2. The number of aliphatic hydroxyl groups is 1. The smallest absolute Gasteiger partial charge is 0.247 e. The molecule has 5 heteroatoms. The summed E-state index contributed by atoms with van der Waals surface area (Å²) in [6, 6.07) is 13.7. The number of fused-ring (bicyclic) bond motifs is 2. The van der Waals surface area contributed by atoms with Crippen LogP contribution in [0.1, 0.15) is 32.3 Å². The van der Waals surface area contributed by atoms with Crippen molar-refractivity contribution in [3.8, 4) is 0 Å². The lowest BCUT2D eigenvalue weighted by atomic mass is 9.83. The van der Waals surface area contributed by atoms with Gasteiger partial charge in [-0.2, -0.15) is 0 Å². The normalized spacial score (nSPS) is 27.9. The van der Waals surface area contributed by atoms with Crippen LogP contribution in [0, 0.1) is 5.92 Å². The van der Waals surface area contributed by atoms with Crippen molar-refractivity contribution in [2.75, 3.05) is 6.54 Å². The second-order valence-corrected chi connectivity index (χ2v) is 8.35. The third kappa shape index (κ3) is 3.10. The Balaban J connectivity index is 1.68. The lowest BCUT2D eigenvalue weighted by molar-refractivity contribution is -0.154. The molecule has 5 nitrogen and oxygen atoms in total. The Morgan fingerprint density at radius 2 is 1.93 bits per heavy atom. The van der Waals surface area contributed by atoms with E-state index in [9.17, 15) is 14.7 Å². The number of carbonyl (C=O) groups excluding carboxylic acids is 2. The summed E-state index contributed by atoms with van der Waals surface area (Å²) in [5, 5.41) is 15.5. The summed E-state index contributed by atoms with van der Waals surface area (Å²) in [5.74, 6) is 0.0952. The van der Waals surface area contributed by atoms with E-state index in [2.05, 4.69) is 17.4 Å². The van der Waals surface area contributed by atoms with Gasteiger partial charge in [0.05, 0.1) is 6.10 Å². The van der Waals surface area contributed by atoms with E-state index in [1.165, 1.54) is 0 Å². The second-order valence-electron chi connectivity index (χ2n) is 8.35. The number of benzene rings is 2. The molecule has 4 rings (SSSR count). The van der Waals surface area contributed by atoms with Crippen LogP contribution in [0.2, 0.25) is 0 Å². The fourth-order valence-electron chi connectivity index (χ4n) is 4.57. The Bertz CT molecular complexity index is 894. The number of hydrogen-bond acceptors (Lipinski definition) is 3. The molecule has 0 radical (unpaired) electrons. The molecular formula is C22H26N2O3. The molecule has 2 fully saturated rings. The molecule has 2 saturated heterocycles. The molecule has 27 heavy (non-hydrogen) atoms. The summed E-state index contributed by atoms with van der Waals surface area (Å²) in [6.07, 6.45) is 0.647. The van der Waals surface area contributed by atoms with Gasteiger partial charge in [-0.1, -0.05) is 56.3 Å². The van der Waals surface area contributed by atoms with Crippen molar-refractivity contribution in [1.82, 2.24) is 10.2 Å². The van der Waals surface area contributed by atoms with Crippen LogP contribution in [0.15, 0.2) is 42.5 Å². The summed E-state index contributed by atoms with van der Waals surface area (Å²) in [7, 11) is 0. The monoisotopic (exact) mass is 366 g/mol. The highest BCUT2D eigenvalue weighted by atomic mass is 16.3. The summed E-state index contributed by atoms with van der Waals surface area (Å²) in [6.45, 7) is 4.30. The van der Waals surface area contributed by atoms with Crippen molar-refractivity contribution in [2.45, 2.75) is 50.8 Å². The number of nitrogens with one attached hydrogen (secondary N) is 1. The van der Waals surface area contributed by atoms with Crippen molar-refractivity contribution in [3.05, 3.63) is 48.0 Å². The molecular weight excluding hydrogens is 340 g/mol. The van der Waals surface area contributed by atoms with E-state index >= 15 is 0 Å². The minimum absolute atomic E-state index is 0.0689. The number of piperazine rings is 1. The van der Waals surface area contributed by atoms with Crippen molar-refractivity contribution in [3.63, 3.8) is 0 Å². The maximum absolute atomic E-state index is 13.1. The first kappa shape index (κ1) is 18.0. The maximum atomic E-state index is 13.1. The van der Waals surface area contributed by atoms with Gasteiger partial charge in [0.1, 0.15) is 11.6 Å². The first-order valence-corrected chi connectivity index (χ1v) is 9.67. The highest BCUT2D eigenvalue weighted by molar-refractivity contribution is 6.00. The largest absolute Gasteiger partial charge is 0.391 e. The van der Waals surface area contributed by atoms with E-state index in [4.69, 9.17) is 0 Å². The zero-order valence-corrected chi connectivity index (χ0v) is 15.8. The third-order valence-corrected chi connectivity index (χ3v) is 5.79. The molecule has 2 aromatic rings. The molecule has 0 saturated carbocycles. The molecule has 0 bridgehead atoms. The highest BCUT2D eigenvalue weighted by Gasteiger charge is 2.57. The Kier molecular flexibility index (Phi) is 4.42. The number of rotatable bonds is 4. The van der Waals surface area contributed by atoms with Crippen molar-refractivity contribution in [1.29, 1.82) is 0 Å². The molecule has 142 valence electrons. The van der Waals surface area contributed by atoms with Crippen LogP contribution in [0.5, 0.6) is 0 Å². The summed E-state index contributed by atoms with van der Waals surface area (Å²) in [4.78, 5) is 27.8. The molecule has 0 aromatic heterocycles. The summed E-state index contributed by atoms with van der Waals surface area (Å²) >= 11 is 0. The summed E-state index contributed by atoms with van der Waals surface area (Å²) < 4.78 is 0. The fourth-order valence-corrected chi connectivity index (χ4v) is 4.57. The number of nitrogens with zero attached hydrogens (tertiary/aromatic N) is 1. The van der Waals surface area contributed by atoms with Crippen LogP contribution in [-0.2, 0) is 16.0 Å². The molecule has 2 N–H and O–H groups in total. The molecule has 0 spiro atoms. The van der Waals surface area contributed by atoms with E-state index in [1.54, 1.807) is 4.90 Å². The van der Waals surface area contributed by atoms with Gasteiger partial charge in [-0.15, -0.1) is 0 Å². The predicted molar refractivity (Wildman–Crippen MR) is 104 cm³/mol. The van der Waals surface area contributed by atoms with Crippen molar-refractivity contribution < 1.29 is 14.7 Å². The molecule has 2 aliphatic heterocycles. The van der Waals surface area contributed by atoms with Gasteiger partial charge in [0.15, 0.2) is 0 Å². The van der Waals surface area contributed by atoms with Crippen LogP contribution in [0.4, 0.5) is 0 Å². The van der Waals surface area contributed by atoms with Crippen LogP contribution in [0.3, 0.4) is 0 Å². The third-order valence-electron chi connectivity index (χ3n) is 5.79. The van der Waals surface area contributed by atoms with Crippen LogP contribution in [0.25, 0.3) is 10.8 Å². The second kappa shape index (κ2) is 6.64. The van der Waals surface area contributed by atoms with Gasteiger partial charge in [0.25, 0.3) is 0 Å². The first-order valence-electron chi connectivity index (χ1n) is 9.67. The number of hydrogen-bond donors (Lipinski definition) is 2. The number of carbonyl (C=O) groups is 2. The average Bonchev–Trinajstić information content (AvgIpc) is 2.97. The maximum Gasteiger partial charge on any atom is 0.247 e. The summed E-state index contributed by atoms with van der Waals surface area (Å²) in [5.41, 5.74) is 0.00459. The van der Waals surface area contributed by atoms with Gasteiger partial charge >= 0.3 is 0 Å². The predicted octanol–water partition coefficient (Wildman–Crippen LogP) is 2.26. The Hall–Kier alpha value is -2.40. The minimum atomic E-state index is -0.994. The standard InChI is InChI=1S/C22H26N2O3/c1-14(2)9-19-20(26)24-13-18(25)12-22(24,21(27)23-19)11-15-7-8-16-5-3-4-6-17(16)10-15/h3-8,10,14,18-19,25H,9,11-13H2,1-2H3,(H,23,27)/t18-,19?,22?/m1/s1. The van der Waals surface area contributed by atoms with Gasteiger partial charge in [-0.05, 0) is 28.7 Å². The van der Waals surface area contributed by atoms with E-state index < -0.39 is 17.7 Å². The van der Waals surface area contributed by atoms with Gasteiger partial charge in [-0.25, -0.2) is 0 Å². The SMILES string of the molecule is CC(C)CC1NC(=O)C2(Cc3ccc4ccccc4c3)C[C@@H](O)CN2C1=O. The number of amides is 2. The first-order chi connectivity index (χ1) is 12.9. The lowest BCUT2D eigenvalue weighted by Gasteiger charge is -2.44. The highest BCUT2D eigenvalue weighted by Crippen LogP contribution is 2.37. The zero-order valence-electron chi connectivity index (χ0n) is 15.8. The van der Waals surface area contributed by atoms with Crippen molar-refractivity contribution >= 4 is 22.6 Å². The quantitative estimate of drug-likeness (QED) is 0.872. The fraction of sp³-hybridized carbons (Fsp3) is 0.455. The minimum Gasteiger partial charge on any atom is -0.391 e. The Morgan fingerprint density at radius 3 is 2.67 bits per heavy atom. The Labute approximate surface area is 159 Å². The Morgan fingerprint density at radius 1 is 1.19 bits per heavy atom. The van der Waals surface area contributed by atoms with Crippen LogP contribution < -0.4 is 5.32 Å². The van der Waals surface area contributed by atoms with Gasteiger partial charge in [-0.3, -0.25) is 9.59 Å². The average molecular weight is 366 g/mol. The molecule has 2 unspecified atom stereocenters. The van der Waals surface area contributed by atoms with Gasteiger partial charge < -0.3 is 15.3 Å². The van der Waals surface area contributed by atoms with E-state index in [1.807, 2.05) is 44.2 Å². The number of aliphatic hydroxyl groups excluding tert-OH is 1. The molecule has 2 amide bonds. The topological polar surface area (TPSA) is 69.6 Å². The van der Waals surface area contributed by atoms with E-state index in [-0.39, 0.29) is 24.8 Å². The molecule has 2 heterocycles. The lowest BCUT2D eigenvalue weighted by Crippen LogP contribution is -2.69. The molecule has 2 aromatic carbocycles. The van der Waals surface area contributed by atoms with Crippen LogP contribution >= 0.6 is 0 Å². The van der Waals surface area contributed by atoms with Crippen molar-refractivity contribution in [2.24, 2.45) is 5.92 Å². The van der Waals surface area contributed by atoms with Crippen LogP contribution in [-0.4, -0.2) is 46.1 Å². The number of β-amino-alcohol motifs (C(OH)–C–C–N with tert-alkyl or cyclic N) is 1. The molecule has 0 aliphatic carbocycles. The molecule has 2 aliphatic rings.